The van der Waals surface area contributed by atoms with Crippen molar-refractivity contribution in [2.75, 3.05) is 0 Å². The average molecular weight is 169 g/mol. The van der Waals surface area contributed by atoms with Crippen LogP contribution in [0.1, 0.15) is 53.9 Å². The molecule has 0 aliphatic rings. The molecule has 0 heteroatoms. The summed E-state index contributed by atoms with van der Waals surface area (Å²) in [5.41, 5.74) is 0.239. The zero-order chi connectivity index (χ0) is 9.78. The van der Waals surface area contributed by atoms with E-state index in [1.165, 1.54) is 19.3 Å². The molecule has 0 bridgehead atoms. The van der Waals surface area contributed by atoms with E-state index in [4.69, 9.17) is 0 Å². The Bertz CT molecular complexity index is 108. The van der Waals surface area contributed by atoms with E-state index in [0.717, 1.165) is 11.8 Å². The van der Waals surface area contributed by atoms with Gasteiger partial charge in [0, 0.05) is 0 Å². The molecule has 73 valence electrons. The molecule has 0 saturated heterocycles. The molecule has 12 heavy (non-hydrogen) atoms. The van der Waals surface area contributed by atoms with Crippen molar-refractivity contribution in [1.82, 2.24) is 0 Å². The SMILES string of the molecule is [CH2]C(C)(C)C(CC)C(C)CCC. The molecular weight excluding hydrogens is 144 g/mol. The van der Waals surface area contributed by atoms with Crippen molar-refractivity contribution in [2.24, 2.45) is 17.3 Å². The third-order valence-electron chi connectivity index (χ3n) is 2.87. The smallest absolute Gasteiger partial charge is 0.0323 e. The van der Waals surface area contributed by atoms with Crippen molar-refractivity contribution >= 4 is 0 Å². The molecule has 0 aromatic rings. The van der Waals surface area contributed by atoms with Crippen LogP contribution in [0.4, 0.5) is 0 Å². The standard InChI is InChI=1S/C12H25/c1-7-9-10(3)11(8-2)12(4,5)6/h10-11H,4,7-9H2,1-3,5-6H3. The van der Waals surface area contributed by atoms with Gasteiger partial charge in [-0.2, -0.15) is 0 Å². The van der Waals surface area contributed by atoms with Gasteiger partial charge in [-0.25, -0.2) is 0 Å². The molecule has 0 aliphatic carbocycles. The van der Waals surface area contributed by atoms with Gasteiger partial charge >= 0.3 is 0 Å². The van der Waals surface area contributed by atoms with Crippen LogP contribution in [-0.4, -0.2) is 0 Å². The van der Waals surface area contributed by atoms with Gasteiger partial charge in [0.05, 0.1) is 0 Å². The minimum absolute atomic E-state index is 0.239. The largest absolute Gasteiger partial charge is 0.0654 e. The summed E-state index contributed by atoms with van der Waals surface area (Å²) in [4.78, 5) is 0. The summed E-state index contributed by atoms with van der Waals surface area (Å²) in [6, 6.07) is 0. The van der Waals surface area contributed by atoms with Gasteiger partial charge in [-0.3, -0.25) is 0 Å². The number of hydrogen-bond donors (Lipinski definition) is 0. The second-order valence-electron chi connectivity index (χ2n) is 4.77. The first-order valence-corrected chi connectivity index (χ1v) is 5.28. The molecule has 0 rings (SSSR count). The van der Waals surface area contributed by atoms with Crippen molar-refractivity contribution in [1.29, 1.82) is 0 Å². The minimum Gasteiger partial charge on any atom is -0.0654 e. The second-order valence-corrected chi connectivity index (χ2v) is 4.77. The van der Waals surface area contributed by atoms with Crippen molar-refractivity contribution in [3.8, 4) is 0 Å². The highest BCUT2D eigenvalue weighted by atomic mass is 14.3. The normalized spacial score (nSPS) is 17.5. The third kappa shape index (κ3) is 3.60. The maximum absolute atomic E-state index is 4.24. The summed E-state index contributed by atoms with van der Waals surface area (Å²) in [5.74, 6) is 1.60. The first-order chi connectivity index (χ1) is 5.43. The van der Waals surface area contributed by atoms with Crippen LogP contribution in [-0.2, 0) is 0 Å². The van der Waals surface area contributed by atoms with E-state index in [0.29, 0.717) is 0 Å². The summed E-state index contributed by atoms with van der Waals surface area (Å²) in [7, 11) is 0. The van der Waals surface area contributed by atoms with Crippen molar-refractivity contribution in [3.05, 3.63) is 6.92 Å². The van der Waals surface area contributed by atoms with Crippen LogP contribution in [0.2, 0.25) is 0 Å². The maximum atomic E-state index is 4.24. The highest BCUT2D eigenvalue weighted by Gasteiger charge is 2.27. The molecule has 1 radical (unpaired) electrons. The Morgan fingerprint density at radius 2 is 1.75 bits per heavy atom. The van der Waals surface area contributed by atoms with Crippen LogP contribution in [0.3, 0.4) is 0 Å². The Morgan fingerprint density at radius 3 is 2.00 bits per heavy atom. The molecule has 0 aromatic carbocycles. The van der Waals surface area contributed by atoms with Crippen LogP contribution in [0.25, 0.3) is 0 Å². The van der Waals surface area contributed by atoms with Gasteiger partial charge in [-0.1, -0.05) is 53.9 Å². The molecule has 0 aromatic heterocycles. The molecule has 0 fully saturated rings. The molecule has 0 aliphatic heterocycles. The Labute approximate surface area is 78.8 Å². The highest BCUT2D eigenvalue weighted by molar-refractivity contribution is 4.82. The van der Waals surface area contributed by atoms with E-state index in [1.54, 1.807) is 0 Å². The summed E-state index contributed by atoms with van der Waals surface area (Å²) < 4.78 is 0. The summed E-state index contributed by atoms with van der Waals surface area (Å²) >= 11 is 0. The first-order valence-electron chi connectivity index (χ1n) is 5.28. The lowest BCUT2D eigenvalue weighted by Crippen LogP contribution is -2.26. The van der Waals surface area contributed by atoms with E-state index < -0.39 is 0 Å². The highest BCUT2D eigenvalue weighted by Crippen LogP contribution is 2.36. The van der Waals surface area contributed by atoms with Gasteiger partial charge in [0.15, 0.2) is 0 Å². The summed E-state index contributed by atoms with van der Waals surface area (Å²) in [5, 5.41) is 0. The van der Waals surface area contributed by atoms with Crippen molar-refractivity contribution < 1.29 is 0 Å². The van der Waals surface area contributed by atoms with Crippen molar-refractivity contribution in [3.63, 3.8) is 0 Å². The zero-order valence-corrected chi connectivity index (χ0v) is 9.48. The monoisotopic (exact) mass is 169 g/mol. The van der Waals surface area contributed by atoms with Gasteiger partial charge in [0.1, 0.15) is 0 Å². The van der Waals surface area contributed by atoms with E-state index in [-0.39, 0.29) is 5.41 Å². The Balaban J connectivity index is 4.14. The lowest BCUT2D eigenvalue weighted by Gasteiger charge is -2.34. The number of hydrogen-bond acceptors (Lipinski definition) is 0. The number of rotatable bonds is 5. The molecule has 2 atom stereocenters. The van der Waals surface area contributed by atoms with Crippen LogP contribution in [0.5, 0.6) is 0 Å². The lowest BCUT2D eigenvalue weighted by atomic mass is 9.71. The minimum atomic E-state index is 0.239. The second kappa shape index (κ2) is 4.89. The molecule has 0 amide bonds. The molecule has 0 spiro atoms. The van der Waals surface area contributed by atoms with Crippen molar-refractivity contribution in [2.45, 2.75) is 53.9 Å². The summed E-state index contributed by atoms with van der Waals surface area (Å²) in [6.07, 6.45) is 3.91. The van der Waals surface area contributed by atoms with Gasteiger partial charge < -0.3 is 0 Å². The van der Waals surface area contributed by atoms with E-state index in [2.05, 4.69) is 41.5 Å². The van der Waals surface area contributed by atoms with Crippen LogP contribution in [0.15, 0.2) is 0 Å². The van der Waals surface area contributed by atoms with Gasteiger partial charge in [0.2, 0.25) is 0 Å². The molecule has 0 heterocycles. The summed E-state index contributed by atoms with van der Waals surface area (Å²) in [6.45, 7) is 15.7. The van der Waals surface area contributed by atoms with Crippen LogP contribution in [0, 0.1) is 24.2 Å². The van der Waals surface area contributed by atoms with Gasteiger partial charge in [-0.15, -0.1) is 0 Å². The topological polar surface area (TPSA) is 0 Å². The van der Waals surface area contributed by atoms with Crippen LogP contribution < -0.4 is 0 Å². The fourth-order valence-electron chi connectivity index (χ4n) is 2.38. The maximum Gasteiger partial charge on any atom is -0.0323 e. The van der Waals surface area contributed by atoms with E-state index >= 15 is 0 Å². The third-order valence-corrected chi connectivity index (χ3v) is 2.87. The Morgan fingerprint density at radius 1 is 1.25 bits per heavy atom. The Kier molecular flexibility index (Phi) is 4.89. The fourth-order valence-corrected chi connectivity index (χ4v) is 2.38. The fraction of sp³-hybridized carbons (Fsp3) is 0.917. The molecule has 0 nitrogen and oxygen atoms in total. The predicted octanol–water partition coefficient (Wildman–Crippen LogP) is 4.31. The predicted molar refractivity (Wildman–Crippen MR) is 57.0 cm³/mol. The molecule has 2 unspecified atom stereocenters. The van der Waals surface area contributed by atoms with E-state index in [9.17, 15) is 0 Å². The van der Waals surface area contributed by atoms with E-state index in [1.807, 2.05) is 0 Å². The van der Waals surface area contributed by atoms with Crippen LogP contribution >= 0.6 is 0 Å². The van der Waals surface area contributed by atoms with Gasteiger partial charge in [-0.05, 0) is 24.2 Å². The molecule has 0 N–H and O–H groups in total. The molecule has 0 saturated carbocycles. The lowest BCUT2D eigenvalue weighted by molar-refractivity contribution is 0.180. The average Bonchev–Trinajstić information content (AvgIpc) is 1.85. The molecular formula is C12H25. The first kappa shape index (κ1) is 12.0. The quantitative estimate of drug-likeness (QED) is 0.575. The Hall–Kier alpha value is 0. The van der Waals surface area contributed by atoms with Gasteiger partial charge in [0.25, 0.3) is 0 Å². The zero-order valence-electron chi connectivity index (χ0n) is 9.48.